The number of benzene rings is 1. The standard InChI is InChI=1S/C21H31N3O3S/c1-8-14(3)17(22-19(25)27-21(5,6)7)18-23-24-20(26-18)28-12-16-11-13(2)9-10-15(16)4/h9-11,14,17H,8,12H2,1-7H3,(H,22,25)/t14-,17-/m1/s1. The molecule has 1 amide bonds. The summed E-state index contributed by atoms with van der Waals surface area (Å²) < 4.78 is 11.2. The van der Waals surface area contributed by atoms with Crippen LogP contribution >= 0.6 is 11.8 Å². The van der Waals surface area contributed by atoms with Gasteiger partial charge < -0.3 is 14.5 Å². The quantitative estimate of drug-likeness (QED) is 0.605. The third-order valence-corrected chi connectivity index (χ3v) is 5.30. The molecule has 6 nitrogen and oxygen atoms in total. The Balaban J connectivity index is 2.08. The lowest BCUT2D eigenvalue weighted by atomic mass is 9.99. The molecule has 2 atom stereocenters. The van der Waals surface area contributed by atoms with Gasteiger partial charge >= 0.3 is 6.09 Å². The first kappa shape index (κ1) is 22.3. The fourth-order valence-electron chi connectivity index (χ4n) is 2.62. The number of alkyl carbamates (subject to hydrolysis) is 1. The van der Waals surface area contributed by atoms with Crippen LogP contribution in [0.1, 0.15) is 69.7 Å². The molecular formula is C21H31N3O3S. The molecule has 1 N–H and O–H groups in total. The lowest BCUT2D eigenvalue weighted by Gasteiger charge is -2.24. The number of hydrogen-bond acceptors (Lipinski definition) is 6. The van der Waals surface area contributed by atoms with E-state index in [1.165, 1.54) is 28.5 Å². The highest BCUT2D eigenvalue weighted by Crippen LogP contribution is 2.29. The molecule has 0 aliphatic heterocycles. The van der Waals surface area contributed by atoms with Gasteiger partial charge in [-0.1, -0.05) is 55.8 Å². The van der Waals surface area contributed by atoms with E-state index in [0.29, 0.717) is 11.1 Å². The topological polar surface area (TPSA) is 77.2 Å². The maximum Gasteiger partial charge on any atom is 0.408 e. The van der Waals surface area contributed by atoms with Gasteiger partial charge in [0.15, 0.2) is 0 Å². The third-order valence-electron chi connectivity index (χ3n) is 4.43. The minimum Gasteiger partial charge on any atom is -0.444 e. The van der Waals surface area contributed by atoms with E-state index in [-0.39, 0.29) is 12.0 Å². The largest absolute Gasteiger partial charge is 0.444 e. The van der Waals surface area contributed by atoms with Crippen LogP contribution in [-0.4, -0.2) is 21.9 Å². The molecule has 28 heavy (non-hydrogen) atoms. The summed E-state index contributed by atoms with van der Waals surface area (Å²) in [6, 6.07) is 6.01. The minimum absolute atomic E-state index is 0.129. The number of carbonyl (C=O) groups is 1. The van der Waals surface area contributed by atoms with Crippen LogP contribution in [0.15, 0.2) is 27.8 Å². The van der Waals surface area contributed by atoms with Crippen LogP contribution in [0.4, 0.5) is 4.79 Å². The Bertz CT molecular complexity index is 798. The smallest absolute Gasteiger partial charge is 0.408 e. The molecule has 0 aliphatic rings. The van der Waals surface area contributed by atoms with Crippen molar-refractivity contribution in [1.29, 1.82) is 0 Å². The molecule has 1 aromatic heterocycles. The Morgan fingerprint density at radius 1 is 1.29 bits per heavy atom. The predicted octanol–water partition coefficient (Wildman–Crippen LogP) is 5.59. The number of nitrogens with one attached hydrogen (secondary N) is 1. The van der Waals surface area contributed by atoms with Crippen molar-refractivity contribution in [2.24, 2.45) is 5.92 Å². The summed E-state index contributed by atoms with van der Waals surface area (Å²) in [6.45, 7) is 13.8. The van der Waals surface area contributed by atoms with Crippen molar-refractivity contribution < 1.29 is 13.9 Å². The number of aryl methyl sites for hydroxylation is 2. The Kier molecular flexibility index (Phi) is 7.52. The molecule has 1 heterocycles. The van der Waals surface area contributed by atoms with E-state index in [1.54, 1.807) is 0 Å². The first-order valence-corrected chi connectivity index (χ1v) is 10.6. The molecule has 0 saturated heterocycles. The summed E-state index contributed by atoms with van der Waals surface area (Å²) in [5.41, 5.74) is 3.15. The van der Waals surface area contributed by atoms with Crippen molar-refractivity contribution in [1.82, 2.24) is 15.5 Å². The van der Waals surface area contributed by atoms with Crippen molar-refractivity contribution in [3.63, 3.8) is 0 Å². The number of nitrogens with zero attached hydrogens (tertiary/aromatic N) is 2. The Morgan fingerprint density at radius 3 is 2.64 bits per heavy atom. The summed E-state index contributed by atoms with van der Waals surface area (Å²) in [4.78, 5) is 12.2. The predicted molar refractivity (Wildman–Crippen MR) is 111 cm³/mol. The first-order chi connectivity index (χ1) is 13.1. The summed E-state index contributed by atoms with van der Waals surface area (Å²) in [5.74, 6) is 1.29. The number of thioether (sulfide) groups is 1. The number of carbonyl (C=O) groups excluding carboxylic acids is 1. The van der Waals surface area contributed by atoms with Crippen LogP contribution in [0.25, 0.3) is 0 Å². The summed E-state index contributed by atoms with van der Waals surface area (Å²) in [5, 5.41) is 11.7. The fourth-order valence-corrected chi connectivity index (χ4v) is 3.45. The molecule has 0 aliphatic carbocycles. The molecule has 7 heteroatoms. The molecule has 0 saturated carbocycles. The molecule has 0 spiro atoms. The Hall–Kier alpha value is -2.02. The molecule has 0 bridgehead atoms. The molecular weight excluding hydrogens is 374 g/mol. The average Bonchev–Trinajstić information content (AvgIpc) is 3.07. The Morgan fingerprint density at radius 2 is 2.00 bits per heavy atom. The van der Waals surface area contributed by atoms with Gasteiger partial charge in [0, 0.05) is 5.75 Å². The second-order valence-electron chi connectivity index (χ2n) is 8.13. The first-order valence-electron chi connectivity index (χ1n) is 9.61. The minimum atomic E-state index is -0.564. The van der Waals surface area contributed by atoms with E-state index in [4.69, 9.17) is 9.15 Å². The lowest BCUT2D eigenvalue weighted by molar-refractivity contribution is 0.0474. The van der Waals surface area contributed by atoms with Crippen molar-refractivity contribution in [3.8, 4) is 0 Å². The Labute approximate surface area is 171 Å². The van der Waals surface area contributed by atoms with Gasteiger partial charge in [0.05, 0.1) is 0 Å². The molecule has 0 fully saturated rings. The normalized spacial score (nSPS) is 13.8. The number of hydrogen-bond donors (Lipinski definition) is 1. The van der Waals surface area contributed by atoms with Gasteiger partial charge in [0.25, 0.3) is 5.22 Å². The van der Waals surface area contributed by atoms with Gasteiger partial charge in [-0.3, -0.25) is 0 Å². The number of rotatable bonds is 7. The molecule has 0 radical (unpaired) electrons. The van der Waals surface area contributed by atoms with Gasteiger partial charge in [0.1, 0.15) is 11.6 Å². The highest BCUT2D eigenvalue weighted by Gasteiger charge is 2.28. The summed E-state index contributed by atoms with van der Waals surface area (Å²) in [6.07, 6.45) is 0.369. The van der Waals surface area contributed by atoms with Crippen LogP contribution in [0.2, 0.25) is 0 Å². The highest BCUT2D eigenvalue weighted by atomic mass is 32.2. The molecule has 2 aromatic rings. The van der Waals surface area contributed by atoms with Crippen LogP contribution in [0, 0.1) is 19.8 Å². The van der Waals surface area contributed by atoms with E-state index < -0.39 is 11.7 Å². The van der Waals surface area contributed by atoms with E-state index >= 15 is 0 Å². The van der Waals surface area contributed by atoms with E-state index in [0.717, 1.165) is 12.2 Å². The average molecular weight is 406 g/mol. The van der Waals surface area contributed by atoms with Gasteiger partial charge in [-0.25, -0.2) is 4.79 Å². The zero-order chi connectivity index (χ0) is 20.9. The van der Waals surface area contributed by atoms with Crippen LogP contribution in [-0.2, 0) is 10.5 Å². The van der Waals surface area contributed by atoms with Gasteiger partial charge in [-0.15, -0.1) is 10.2 Å². The number of amides is 1. The second-order valence-corrected chi connectivity index (χ2v) is 9.06. The summed E-state index contributed by atoms with van der Waals surface area (Å²) >= 11 is 1.50. The van der Waals surface area contributed by atoms with E-state index in [2.05, 4.69) is 54.5 Å². The lowest BCUT2D eigenvalue weighted by Crippen LogP contribution is -2.37. The molecule has 1 aromatic carbocycles. The molecule has 154 valence electrons. The summed E-state index contributed by atoms with van der Waals surface area (Å²) in [7, 11) is 0. The van der Waals surface area contributed by atoms with Crippen molar-refractivity contribution in [2.45, 2.75) is 77.5 Å². The van der Waals surface area contributed by atoms with Gasteiger partial charge in [0.2, 0.25) is 5.89 Å². The third kappa shape index (κ3) is 6.55. The monoisotopic (exact) mass is 405 g/mol. The highest BCUT2D eigenvalue weighted by molar-refractivity contribution is 7.98. The second kappa shape index (κ2) is 9.45. The number of ether oxygens (including phenoxy) is 1. The SMILES string of the molecule is CC[C@@H](C)[C@@H](NC(=O)OC(C)(C)C)c1nnc(SCc2cc(C)ccc2C)o1. The van der Waals surface area contributed by atoms with Gasteiger partial charge in [-0.05, 0) is 51.7 Å². The zero-order valence-electron chi connectivity index (χ0n) is 17.8. The van der Waals surface area contributed by atoms with Crippen molar-refractivity contribution >= 4 is 17.9 Å². The van der Waals surface area contributed by atoms with E-state index in [9.17, 15) is 4.79 Å². The fraction of sp³-hybridized carbons (Fsp3) is 0.571. The van der Waals surface area contributed by atoms with Crippen molar-refractivity contribution in [3.05, 3.63) is 40.8 Å². The van der Waals surface area contributed by atoms with Gasteiger partial charge in [-0.2, -0.15) is 0 Å². The number of aromatic nitrogens is 2. The van der Waals surface area contributed by atoms with Crippen LogP contribution in [0.5, 0.6) is 0 Å². The van der Waals surface area contributed by atoms with Crippen LogP contribution < -0.4 is 5.32 Å². The molecule has 0 unspecified atom stereocenters. The maximum atomic E-state index is 12.2. The maximum absolute atomic E-state index is 12.2. The van der Waals surface area contributed by atoms with Crippen LogP contribution in [0.3, 0.4) is 0 Å². The van der Waals surface area contributed by atoms with E-state index in [1.807, 2.05) is 27.7 Å². The zero-order valence-corrected chi connectivity index (χ0v) is 18.6. The molecule has 2 rings (SSSR count). The van der Waals surface area contributed by atoms with Crippen molar-refractivity contribution in [2.75, 3.05) is 0 Å².